The first-order chi connectivity index (χ1) is 9.70. The Kier molecular flexibility index (Phi) is 4.91. The van der Waals surface area contributed by atoms with Gasteiger partial charge in [-0.15, -0.1) is 0 Å². The van der Waals surface area contributed by atoms with Gasteiger partial charge in [0.15, 0.2) is 0 Å². The van der Waals surface area contributed by atoms with Crippen LogP contribution in [-0.2, 0) is 11.2 Å². The Labute approximate surface area is 119 Å². The first kappa shape index (κ1) is 14.3. The van der Waals surface area contributed by atoms with Crippen molar-refractivity contribution in [2.45, 2.75) is 25.8 Å². The fraction of sp³-hybridized carbons (Fsp3) is 0.235. The number of hydrogen-bond acceptors (Lipinski definition) is 2. The molecule has 2 aromatic carbocycles. The molecule has 2 aromatic rings. The summed E-state index contributed by atoms with van der Waals surface area (Å²) in [5, 5.41) is 2.92. The zero-order chi connectivity index (χ0) is 14.4. The molecule has 1 unspecified atom stereocenters. The summed E-state index contributed by atoms with van der Waals surface area (Å²) in [6.45, 7) is 1.90. The lowest BCUT2D eigenvalue weighted by Crippen LogP contribution is -2.35. The van der Waals surface area contributed by atoms with Crippen molar-refractivity contribution in [2.75, 3.05) is 5.32 Å². The van der Waals surface area contributed by atoms with Gasteiger partial charge in [-0.25, -0.2) is 0 Å². The molecule has 20 heavy (non-hydrogen) atoms. The molecule has 0 aromatic heterocycles. The highest BCUT2D eigenvalue weighted by molar-refractivity contribution is 5.95. The average molecular weight is 268 g/mol. The van der Waals surface area contributed by atoms with E-state index in [2.05, 4.69) is 17.4 Å². The number of benzene rings is 2. The Morgan fingerprint density at radius 3 is 2.45 bits per heavy atom. The third-order valence-corrected chi connectivity index (χ3v) is 3.29. The first-order valence-electron chi connectivity index (χ1n) is 6.89. The number of amides is 1. The van der Waals surface area contributed by atoms with Crippen molar-refractivity contribution in [2.24, 2.45) is 5.73 Å². The van der Waals surface area contributed by atoms with E-state index in [9.17, 15) is 4.79 Å². The maximum atomic E-state index is 11.9. The highest BCUT2D eigenvalue weighted by atomic mass is 16.2. The van der Waals surface area contributed by atoms with Crippen molar-refractivity contribution < 1.29 is 4.79 Å². The van der Waals surface area contributed by atoms with Gasteiger partial charge in [0.25, 0.3) is 0 Å². The Bertz CT molecular complexity index is 566. The van der Waals surface area contributed by atoms with Crippen molar-refractivity contribution in [3.05, 3.63) is 65.7 Å². The lowest BCUT2D eigenvalue weighted by molar-refractivity contribution is -0.117. The zero-order valence-electron chi connectivity index (χ0n) is 11.7. The van der Waals surface area contributed by atoms with Gasteiger partial charge >= 0.3 is 0 Å². The molecule has 1 atom stereocenters. The van der Waals surface area contributed by atoms with E-state index in [0.29, 0.717) is 6.42 Å². The first-order valence-corrected chi connectivity index (χ1v) is 6.89. The number of rotatable bonds is 5. The van der Waals surface area contributed by atoms with Crippen molar-refractivity contribution in [3.8, 4) is 0 Å². The molecule has 0 saturated heterocycles. The molecule has 0 saturated carbocycles. The number of hydrogen-bond donors (Lipinski definition) is 2. The van der Waals surface area contributed by atoms with E-state index in [4.69, 9.17) is 5.73 Å². The Morgan fingerprint density at radius 2 is 1.75 bits per heavy atom. The number of nitrogens with one attached hydrogen (secondary N) is 1. The SMILES string of the molecule is CCC(N)C(=O)Nc1ccccc1Cc1ccccc1. The molecule has 2 rings (SSSR count). The molecular formula is C17H20N2O. The molecule has 0 bridgehead atoms. The molecule has 0 spiro atoms. The highest BCUT2D eigenvalue weighted by Crippen LogP contribution is 2.19. The molecule has 1 amide bonds. The van der Waals surface area contributed by atoms with Crippen LogP contribution in [0, 0.1) is 0 Å². The van der Waals surface area contributed by atoms with Gasteiger partial charge in [-0.05, 0) is 30.0 Å². The molecule has 0 radical (unpaired) electrons. The van der Waals surface area contributed by atoms with E-state index < -0.39 is 6.04 Å². The van der Waals surface area contributed by atoms with Gasteiger partial charge in [0, 0.05) is 5.69 Å². The number of para-hydroxylation sites is 1. The summed E-state index contributed by atoms with van der Waals surface area (Å²) >= 11 is 0. The van der Waals surface area contributed by atoms with Gasteiger partial charge in [0.2, 0.25) is 5.91 Å². The van der Waals surface area contributed by atoms with Gasteiger partial charge in [-0.3, -0.25) is 4.79 Å². The van der Waals surface area contributed by atoms with E-state index in [1.807, 2.05) is 49.4 Å². The molecule has 0 aliphatic heterocycles. The molecular weight excluding hydrogens is 248 g/mol. The Balaban J connectivity index is 2.16. The minimum Gasteiger partial charge on any atom is -0.324 e. The van der Waals surface area contributed by atoms with Gasteiger partial charge < -0.3 is 11.1 Å². The third kappa shape index (κ3) is 3.68. The fourth-order valence-electron chi connectivity index (χ4n) is 2.02. The van der Waals surface area contributed by atoms with Crippen LogP contribution in [-0.4, -0.2) is 11.9 Å². The number of carbonyl (C=O) groups is 1. The zero-order valence-corrected chi connectivity index (χ0v) is 11.7. The van der Waals surface area contributed by atoms with Crippen LogP contribution in [0.25, 0.3) is 0 Å². The van der Waals surface area contributed by atoms with E-state index in [1.165, 1.54) is 5.56 Å². The summed E-state index contributed by atoms with van der Waals surface area (Å²) in [5.41, 5.74) is 8.90. The van der Waals surface area contributed by atoms with Crippen LogP contribution in [0.2, 0.25) is 0 Å². The molecule has 3 heteroatoms. The van der Waals surface area contributed by atoms with Crippen molar-refractivity contribution in [1.29, 1.82) is 0 Å². The number of anilines is 1. The normalized spacial score (nSPS) is 11.9. The van der Waals surface area contributed by atoms with Crippen LogP contribution < -0.4 is 11.1 Å². The molecule has 0 aliphatic carbocycles. The Hall–Kier alpha value is -2.13. The van der Waals surface area contributed by atoms with Gasteiger partial charge in [-0.1, -0.05) is 55.5 Å². The lowest BCUT2D eigenvalue weighted by atomic mass is 10.0. The van der Waals surface area contributed by atoms with E-state index >= 15 is 0 Å². The van der Waals surface area contributed by atoms with Gasteiger partial charge in [-0.2, -0.15) is 0 Å². The largest absolute Gasteiger partial charge is 0.324 e. The van der Waals surface area contributed by atoms with Crippen LogP contribution in [0.4, 0.5) is 5.69 Å². The fourth-order valence-corrected chi connectivity index (χ4v) is 2.02. The van der Waals surface area contributed by atoms with E-state index in [-0.39, 0.29) is 5.91 Å². The minimum absolute atomic E-state index is 0.131. The van der Waals surface area contributed by atoms with Crippen molar-refractivity contribution >= 4 is 11.6 Å². The smallest absolute Gasteiger partial charge is 0.241 e. The van der Waals surface area contributed by atoms with Gasteiger partial charge in [0.05, 0.1) is 6.04 Å². The van der Waals surface area contributed by atoms with Crippen LogP contribution in [0.1, 0.15) is 24.5 Å². The predicted molar refractivity (Wildman–Crippen MR) is 82.6 cm³/mol. The minimum atomic E-state index is -0.459. The monoisotopic (exact) mass is 268 g/mol. The van der Waals surface area contributed by atoms with E-state index in [1.54, 1.807) is 0 Å². The molecule has 0 aliphatic rings. The summed E-state index contributed by atoms with van der Waals surface area (Å²) in [6, 6.07) is 17.6. The molecule has 3 N–H and O–H groups in total. The topological polar surface area (TPSA) is 55.1 Å². The number of nitrogens with two attached hydrogens (primary N) is 1. The van der Waals surface area contributed by atoms with Gasteiger partial charge in [0.1, 0.15) is 0 Å². The van der Waals surface area contributed by atoms with Crippen LogP contribution >= 0.6 is 0 Å². The van der Waals surface area contributed by atoms with Crippen molar-refractivity contribution in [3.63, 3.8) is 0 Å². The summed E-state index contributed by atoms with van der Waals surface area (Å²) in [5.74, 6) is -0.131. The summed E-state index contributed by atoms with van der Waals surface area (Å²) in [4.78, 5) is 11.9. The Morgan fingerprint density at radius 1 is 1.10 bits per heavy atom. The van der Waals surface area contributed by atoms with Crippen LogP contribution in [0.3, 0.4) is 0 Å². The molecule has 104 valence electrons. The predicted octanol–water partition coefficient (Wildman–Crippen LogP) is 2.95. The average Bonchev–Trinajstić information content (AvgIpc) is 2.49. The number of carbonyl (C=O) groups excluding carboxylic acids is 1. The maximum Gasteiger partial charge on any atom is 0.241 e. The molecule has 0 heterocycles. The second kappa shape index (κ2) is 6.87. The quantitative estimate of drug-likeness (QED) is 0.876. The highest BCUT2D eigenvalue weighted by Gasteiger charge is 2.12. The second-order valence-corrected chi connectivity index (χ2v) is 4.82. The van der Waals surface area contributed by atoms with Crippen molar-refractivity contribution in [1.82, 2.24) is 0 Å². The standard InChI is InChI=1S/C17H20N2O/c1-2-15(18)17(20)19-16-11-7-6-10-14(16)12-13-8-4-3-5-9-13/h3-11,15H,2,12,18H2,1H3,(H,19,20). The maximum absolute atomic E-state index is 11.9. The summed E-state index contributed by atoms with van der Waals surface area (Å²) in [6.07, 6.45) is 1.42. The summed E-state index contributed by atoms with van der Waals surface area (Å²) in [7, 11) is 0. The third-order valence-electron chi connectivity index (χ3n) is 3.29. The van der Waals surface area contributed by atoms with Crippen LogP contribution in [0.15, 0.2) is 54.6 Å². The second-order valence-electron chi connectivity index (χ2n) is 4.82. The lowest BCUT2D eigenvalue weighted by Gasteiger charge is -2.14. The van der Waals surface area contributed by atoms with E-state index in [0.717, 1.165) is 17.7 Å². The summed E-state index contributed by atoms with van der Waals surface area (Å²) < 4.78 is 0. The molecule has 3 nitrogen and oxygen atoms in total. The molecule has 0 fully saturated rings. The van der Waals surface area contributed by atoms with Crippen LogP contribution in [0.5, 0.6) is 0 Å².